The molecule has 0 saturated carbocycles. The van der Waals surface area contributed by atoms with E-state index in [1.165, 1.54) is 19.2 Å². The minimum atomic E-state index is -0.413. The molecule has 30 heavy (non-hydrogen) atoms. The second kappa shape index (κ2) is 8.71. The summed E-state index contributed by atoms with van der Waals surface area (Å²) >= 11 is 6.25. The monoisotopic (exact) mass is 426 g/mol. The Morgan fingerprint density at radius 2 is 2.17 bits per heavy atom. The molecule has 0 aliphatic carbocycles. The van der Waals surface area contributed by atoms with Crippen LogP contribution in [0.2, 0.25) is 5.02 Å². The van der Waals surface area contributed by atoms with E-state index in [9.17, 15) is 9.18 Å². The molecule has 1 aliphatic rings. The molecule has 1 aromatic heterocycles. The van der Waals surface area contributed by atoms with Crippen molar-refractivity contribution < 1.29 is 18.7 Å². The maximum absolute atomic E-state index is 13.7. The molecule has 5 nitrogen and oxygen atoms in total. The van der Waals surface area contributed by atoms with Crippen LogP contribution in [0, 0.1) is 5.82 Å². The van der Waals surface area contributed by atoms with Gasteiger partial charge in [-0.2, -0.15) is 0 Å². The van der Waals surface area contributed by atoms with Gasteiger partial charge in [0.05, 0.1) is 31.2 Å². The van der Waals surface area contributed by atoms with E-state index in [2.05, 4.69) is 10.3 Å². The van der Waals surface area contributed by atoms with Crippen molar-refractivity contribution in [2.45, 2.75) is 12.3 Å². The predicted molar refractivity (Wildman–Crippen MR) is 114 cm³/mol. The number of carbonyl (C=O) groups excluding carboxylic acids is 1. The first-order valence-corrected chi connectivity index (χ1v) is 9.93. The van der Waals surface area contributed by atoms with Gasteiger partial charge in [0.2, 0.25) is 0 Å². The van der Waals surface area contributed by atoms with Crippen molar-refractivity contribution in [1.82, 2.24) is 4.98 Å². The normalized spacial score (nSPS) is 15.1. The quantitative estimate of drug-likeness (QED) is 0.560. The smallest absolute Gasteiger partial charge is 0.340 e. The Morgan fingerprint density at radius 3 is 3.00 bits per heavy atom. The number of fused-ring (bicyclic) bond motifs is 1. The van der Waals surface area contributed by atoms with E-state index < -0.39 is 5.97 Å². The number of methoxy groups -OCH3 is 1. The summed E-state index contributed by atoms with van der Waals surface area (Å²) in [5, 5.41) is 3.80. The van der Waals surface area contributed by atoms with Gasteiger partial charge in [-0.05, 0) is 47.9 Å². The lowest BCUT2D eigenvalue weighted by Gasteiger charge is -2.27. The number of aromatic nitrogens is 1. The van der Waals surface area contributed by atoms with Crippen LogP contribution in [0.4, 0.5) is 10.1 Å². The highest BCUT2D eigenvalue weighted by atomic mass is 35.5. The number of rotatable bonds is 5. The molecule has 1 N–H and O–H groups in total. The van der Waals surface area contributed by atoms with Gasteiger partial charge in [0.25, 0.3) is 0 Å². The minimum Gasteiger partial charge on any atom is -0.493 e. The van der Waals surface area contributed by atoms with Crippen molar-refractivity contribution >= 4 is 23.3 Å². The Hall–Kier alpha value is -3.12. The Kier molecular flexibility index (Phi) is 5.86. The number of pyridine rings is 1. The molecule has 7 heteroatoms. The first-order chi connectivity index (χ1) is 14.6. The van der Waals surface area contributed by atoms with Gasteiger partial charge in [-0.1, -0.05) is 23.7 Å². The summed E-state index contributed by atoms with van der Waals surface area (Å²) in [4.78, 5) is 16.1. The van der Waals surface area contributed by atoms with Crippen LogP contribution in [0.3, 0.4) is 0 Å². The molecule has 2 heterocycles. The number of nitrogens with one attached hydrogen (secondary N) is 1. The van der Waals surface area contributed by atoms with Crippen molar-refractivity contribution in [3.63, 3.8) is 0 Å². The molecule has 0 amide bonds. The lowest BCUT2D eigenvalue weighted by Crippen LogP contribution is -2.21. The maximum atomic E-state index is 13.7. The number of nitrogens with zero attached hydrogens (tertiary/aromatic N) is 1. The lowest BCUT2D eigenvalue weighted by atomic mass is 9.91. The van der Waals surface area contributed by atoms with Crippen LogP contribution in [0.25, 0.3) is 11.1 Å². The summed E-state index contributed by atoms with van der Waals surface area (Å²) < 4.78 is 24.4. The third kappa shape index (κ3) is 4.09. The van der Waals surface area contributed by atoms with Crippen LogP contribution in [-0.2, 0) is 4.74 Å². The summed E-state index contributed by atoms with van der Waals surface area (Å²) in [6.45, 7) is 1.17. The fraction of sp³-hybridized carbons (Fsp3) is 0.217. The molecular weight excluding hydrogens is 407 g/mol. The van der Waals surface area contributed by atoms with Crippen LogP contribution < -0.4 is 10.1 Å². The molecule has 1 atom stereocenters. The molecular formula is C23H20ClFN2O3. The number of benzene rings is 2. The van der Waals surface area contributed by atoms with E-state index in [4.69, 9.17) is 21.1 Å². The van der Waals surface area contributed by atoms with E-state index in [1.807, 2.05) is 18.2 Å². The molecule has 154 valence electrons. The average Bonchev–Trinajstić information content (AvgIpc) is 2.78. The molecule has 0 radical (unpaired) electrons. The van der Waals surface area contributed by atoms with Gasteiger partial charge >= 0.3 is 5.97 Å². The van der Waals surface area contributed by atoms with Gasteiger partial charge in [0.1, 0.15) is 11.6 Å². The number of esters is 1. The first-order valence-electron chi connectivity index (χ1n) is 9.55. The molecule has 0 spiro atoms. The number of hydrogen-bond acceptors (Lipinski definition) is 5. The van der Waals surface area contributed by atoms with E-state index in [0.717, 1.165) is 23.3 Å². The van der Waals surface area contributed by atoms with Crippen LogP contribution in [-0.4, -0.2) is 31.2 Å². The summed E-state index contributed by atoms with van der Waals surface area (Å²) in [5.74, 6) is 0.179. The van der Waals surface area contributed by atoms with Crippen LogP contribution >= 0.6 is 11.6 Å². The highest BCUT2D eigenvalue weighted by Gasteiger charge is 2.23. The van der Waals surface area contributed by atoms with E-state index in [0.29, 0.717) is 35.0 Å². The van der Waals surface area contributed by atoms with Crippen molar-refractivity contribution in [1.29, 1.82) is 0 Å². The molecule has 0 saturated heterocycles. The Morgan fingerprint density at radius 1 is 1.30 bits per heavy atom. The van der Waals surface area contributed by atoms with Crippen molar-refractivity contribution in [2.24, 2.45) is 0 Å². The summed E-state index contributed by atoms with van der Waals surface area (Å²) in [6.07, 6.45) is 4.00. The van der Waals surface area contributed by atoms with E-state index in [1.54, 1.807) is 24.5 Å². The van der Waals surface area contributed by atoms with E-state index >= 15 is 0 Å². The molecule has 1 aliphatic heterocycles. The number of carbonyl (C=O) groups is 1. The number of ether oxygens (including phenoxy) is 2. The number of halogens is 2. The summed E-state index contributed by atoms with van der Waals surface area (Å²) in [5.41, 5.74) is 3.54. The van der Waals surface area contributed by atoms with Gasteiger partial charge in [0, 0.05) is 29.2 Å². The van der Waals surface area contributed by atoms with Crippen LogP contribution in [0.5, 0.6) is 5.75 Å². The highest BCUT2D eigenvalue weighted by Crippen LogP contribution is 2.38. The molecule has 0 fully saturated rings. The van der Waals surface area contributed by atoms with Crippen LogP contribution in [0.15, 0.2) is 54.9 Å². The van der Waals surface area contributed by atoms with Gasteiger partial charge in [-0.15, -0.1) is 0 Å². The van der Waals surface area contributed by atoms with Crippen LogP contribution in [0.1, 0.15) is 28.3 Å². The zero-order valence-corrected chi connectivity index (χ0v) is 17.1. The minimum absolute atomic E-state index is 0.177. The second-order valence-electron chi connectivity index (χ2n) is 7.00. The third-order valence-electron chi connectivity index (χ3n) is 5.18. The van der Waals surface area contributed by atoms with Gasteiger partial charge in [-0.25, -0.2) is 9.18 Å². The van der Waals surface area contributed by atoms with Gasteiger partial charge in [-0.3, -0.25) is 4.98 Å². The Labute approximate surface area is 178 Å². The number of anilines is 1. The average molecular weight is 427 g/mol. The maximum Gasteiger partial charge on any atom is 0.340 e. The fourth-order valence-corrected chi connectivity index (χ4v) is 3.84. The van der Waals surface area contributed by atoms with E-state index in [-0.39, 0.29) is 11.7 Å². The first kappa shape index (κ1) is 20.2. The van der Waals surface area contributed by atoms with Crippen molar-refractivity contribution in [2.75, 3.05) is 25.6 Å². The zero-order valence-electron chi connectivity index (χ0n) is 16.3. The molecule has 0 bridgehead atoms. The largest absolute Gasteiger partial charge is 0.493 e. The predicted octanol–water partition coefficient (Wildman–Crippen LogP) is 5.31. The topological polar surface area (TPSA) is 60.5 Å². The standard InChI is InChI=1S/C23H20ClFN2O3/c1-29-23(28)18-6-8-26-13-21(18)27-12-15-7-9-30-22-10-14(2-4-17(15)22)19-11-16(25)3-5-20(19)24/h2-6,8,10-11,13,15,27H,7,9,12H2,1H3/t15-/m0/s1. The highest BCUT2D eigenvalue weighted by molar-refractivity contribution is 6.33. The molecule has 0 unspecified atom stereocenters. The molecule has 3 aromatic rings. The van der Waals surface area contributed by atoms with Gasteiger partial charge in [0.15, 0.2) is 0 Å². The molecule has 2 aromatic carbocycles. The number of hydrogen-bond donors (Lipinski definition) is 1. The van der Waals surface area contributed by atoms with Gasteiger partial charge < -0.3 is 14.8 Å². The van der Waals surface area contributed by atoms with Crippen molar-refractivity contribution in [3.8, 4) is 16.9 Å². The third-order valence-corrected chi connectivity index (χ3v) is 5.51. The fourth-order valence-electron chi connectivity index (χ4n) is 3.62. The SMILES string of the molecule is COC(=O)c1ccncc1NC[C@@H]1CCOc2cc(-c3cc(F)ccc3Cl)ccc21. The van der Waals surface area contributed by atoms with Crippen molar-refractivity contribution in [3.05, 3.63) is 76.8 Å². The zero-order chi connectivity index (χ0) is 21.1. The Balaban J connectivity index is 1.57. The molecule has 4 rings (SSSR count). The summed E-state index contributed by atoms with van der Waals surface area (Å²) in [6, 6.07) is 11.7. The lowest BCUT2D eigenvalue weighted by molar-refractivity contribution is 0.0601. The second-order valence-corrected chi connectivity index (χ2v) is 7.41. The Bertz CT molecular complexity index is 1090. The summed E-state index contributed by atoms with van der Waals surface area (Å²) in [7, 11) is 1.35.